The highest BCUT2D eigenvalue weighted by atomic mass is 16.1. The van der Waals surface area contributed by atoms with Crippen LogP contribution in [0.3, 0.4) is 0 Å². The summed E-state index contributed by atoms with van der Waals surface area (Å²) in [4.78, 5) is 11.8. The van der Waals surface area contributed by atoms with Crippen molar-refractivity contribution < 1.29 is 4.79 Å². The number of nitrogens with two attached hydrogens (primary N) is 1. The van der Waals surface area contributed by atoms with E-state index >= 15 is 0 Å². The molecule has 0 aliphatic heterocycles. The first kappa shape index (κ1) is 10.4. The van der Waals surface area contributed by atoms with Crippen molar-refractivity contribution >= 4 is 5.78 Å². The number of Topliss-reactive ketones (excluding diaryl/α,β-unsaturated/α-hetero) is 1. The molecule has 82 valence electrons. The predicted octanol–water partition coefficient (Wildman–Crippen LogP) is 1.44. The van der Waals surface area contributed by atoms with E-state index < -0.39 is 0 Å². The van der Waals surface area contributed by atoms with Gasteiger partial charge in [-0.05, 0) is 26.7 Å². The highest BCUT2D eigenvalue weighted by molar-refractivity contribution is 5.99. The molecule has 0 fully saturated rings. The third-order valence-electron chi connectivity index (χ3n) is 2.86. The second kappa shape index (κ2) is 3.77. The van der Waals surface area contributed by atoms with E-state index in [2.05, 4.69) is 18.9 Å². The van der Waals surface area contributed by atoms with Gasteiger partial charge in [0.05, 0.1) is 17.0 Å². The molecule has 0 unspecified atom stereocenters. The van der Waals surface area contributed by atoms with Gasteiger partial charge < -0.3 is 5.73 Å². The fourth-order valence-corrected chi connectivity index (χ4v) is 2.18. The molecular weight excluding hydrogens is 190 g/mol. The summed E-state index contributed by atoms with van der Waals surface area (Å²) >= 11 is 0. The minimum Gasteiger partial charge on any atom is -0.325 e. The Bertz CT molecular complexity index is 393. The van der Waals surface area contributed by atoms with Crippen LogP contribution in [0, 0.1) is 0 Å². The zero-order valence-electron chi connectivity index (χ0n) is 9.29. The van der Waals surface area contributed by atoms with E-state index in [4.69, 9.17) is 5.73 Å². The molecule has 1 heterocycles. The first-order valence-electron chi connectivity index (χ1n) is 5.48. The molecular formula is C11H17N3O. The number of nitrogens with zero attached hydrogens (tertiary/aromatic N) is 2. The Morgan fingerprint density at radius 2 is 2.20 bits per heavy atom. The molecule has 1 aromatic heterocycles. The molecule has 1 aliphatic carbocycles. The van der Waals surface area contributed by atoms with Gasteiger partial charge in [-0.15, -0.1) is 0 Å². The van der Waals surface area contributed by atoms with Crippen LogP contribution in [-0.4, -0.2) is 15.6 Å². The molecule has 0 aromatic carbocycles. The van der Waals surface area contributed by atoms with Crippen LogP contribution in [0.2, 0.25) is 0 Å². The fourth-order valence-electron chi connectivity index (χ4n) is 2.18. The maximum atomic E-state index is 11.8. The molecule has 1 aliphatic rings. The van der Waals surface area contributed by atoms with Gasteiger partial charge >= 0.3 is 0 Å². The molecule has 2 rings (SSSR count). The van der Waals surface area contributed by atoms with E-state index in [1.807, 2.05) is 4.68 Å². The first-order valence-corrected chi connectivity index (χ1v) is 5.48. The number of carbonyl (C=O) groups excluding carboxylic acids is 1. The summed E-state index contributed by atoms with van der Waals surface area (Å²) in [5, 5.41) is 4.49. The number of hydrogen-bond acceptors (Lipinski definition) is 3. The largest absolute Gasteiger partial charge is 0.325 e. The summed E-state index contributed by atoms with van der Waals surface area (Å²) in [6.45, 7) is 4.51. The normalized spacial score (nSPS) is 15.9. The van der Waals surface area contributed by atoms with Gasteiger partial charge in [-0.1, -0.05) is 0 Å². The molecule has 2 N–H and O–H groups in total. The second-order valence-electron chi connectivity index (χ2n) is 4.29. The van der Waals surface area contributed by atoms with Crippen molar-refractivity contribution in [2.24, 2.45) is 5.73 Å². The standard InChI is InChI=1S/C11H17N3O/c1-7(2)14-9(6-12)11-8(13-14)4-3-5-10(11)15/h7H,3-6,12H2,1-2H3. The number of fused-ring (bicyclic) bond motifs is 1. The average molecular weight is 207 g/mol. The van der Waals surface area contributed by atoms with E-state index in [9.17, 15) is 4.79 Å². The fraction of sp³-hybridized carbons (Fsp3) is 0.636. The Morgan fingerprint density at radius 1 is 1.47 bits per heavy atom. The number of rotatable bonds is 2. The molecule has 0 atom stereocenters. The van der Waals surface area contributed by atoms with Crippen molar-refractivity contribution in [2.45, 2.75) is 45.7 Å². The highest BCUT2D eigenvalue weighted by Crippen LogP contribution is 2.25. The maximum Gasteiger partial charge on any atom is 0.166 e. The lowest BCUT2D eigenvalue weighted by molar-refractivity contribution is 0.0971. The third kappa shape index (κ3) is 1.59. The third-order valence-corrected chi connectivity index (χ3v) is 2.86. The van der Waals surface area contributed by atoms with Gasteiger partial charge in [0.15, 0.2) is 5.78 Å². The number of ketones is 1. The summed E-state index contributed by atoms with van der Waals surface area (Å²) in [7, 11) is 0. The van der Waals surface area contributed by atoms with Crippen LogP contribution in [0.4, 0.5) is 0 Å². The van der Waals surface area contributed by atoms with Gasteiger partial charge in [-0.3, -0.25) is 9.48 Å². The van der Waals surface area contributed by atoms with Crippen molar-refractivity contribution in [3.05, 3.63) is 17.0 Å². The highest BCUT2D eigenvalue weighted by Gasteiger charge is 2.26. The van der Waals surface area contributed by atoms with Crippen LogP contribution >= 0.6 is 0 Å². The summed E-state index contributed by atoms with van der Waals surface area (Å²) in [5.41, 5.74) is 8.36. The van der Waals surface area contributed by atoms with Crippen molar-refractivity contribution in [3.8, 4) is 0 Å². The van der Waals surface area contributed by atoms with Crippen LogP contribution in [0.5, 0.6) is 0 Å². The van der Waals surface area contributed by atoms with Crippen molar-refractivity contribution in [3.63, 3.8) is 0 Å². The van der Waals surface area contributed by atoms with Crippen molar-refractivity contribution in [2.75, 3.05) is 0 Å². The Labute approximate surface area is 89.5 Å². The van der Waals surface area contributed by atoms with Crippen LogP contribution in [0.25, 0.3) is 0 Å². The minimum atomic E-state index is 0.212. The Balaban J connectivity index is 2.57. The van der Waals surface area contributed by atoms with Gasteiger partial charge in [0.25, 0.3) is 0 Å². The molecule has 0 spiro atoms. The van der Waals surface area contributed by atoms with Crippen LogP contribution in [-0.2, 0) is 13.0 Å². The maximum absolute atomic E-state index is 11.8. The lowest BCUT2D eigenvalue weighted by Crippen LogP contribution is -2.15. The molecule has 15 heavy (non-hydrogen) atoms. The summed E-state index contributed by atoms with van der Waals surface area (Å²) < 4.78 is 1.90. The van der Waals surface area contributed by atoms with Crippen LogP contribution in [0.1, 0.15) is 54.5 Å². The van der Waals surface area contributed by atoms with E-state index in [-0.39, 0.29) is 11.8 Å². The Hall–Kier alpha value is -1.16. The quantitative estimate of drug-likeness (QED) is 0.798. The van der Waals surface area contributed by atoms with Gasteiger partial charge in [-0.2, -0.15) is 5.10 Å². The van der Waals surface area contributed by atoms with Crippen LogP contribution < -0.4 is 5.73 Å². The van der Waals surface area contributed by atoms with Crippen LogP contribution in [0.15, 0.2) is 0 Å². The molecule has 4 nitrogen and oxygen atoms in total. The first-order chi connectivity index (χ1) is 7.15. The Morgan fingerprint density at radius 3 is 2.80 bits per heavy atom. The molecule has 0 saturated heterocycles. The number of aromatic nitrogens is 2. The lowest BCUT2D eigenvalue weighted by atomic mass is 9.94. The molecule has 0 bridgehead atoms. The van der Waals surface area contributed by atoms with Gasteiger partial charge in [-0.25, -0.2) is 0 Å². The van der Waals surface area contributed by atoms with E-state index in [0.717, 1.165) is 29.8 Å². The van der Waals surface area contributed by atoms with E-state index in [1.54, 1.807) is 0 Å². The predicted molar refractivity (Wildman–Crippen MR) is 57.8 cm³/mol. The van der Waals surface area contributed by atoms with Gasteiger partial charge in [0, 0.05) is 19.0 Å². The molecule has 0 amide bonds. The molecule has 4 heteroatoms. The molecule has 0 saturated carbocycles. The van der Waals surface area contributed by atoms with Crippen molar-refractivity contribution in [1.29, 1.82) is 0 Å². The summed E-state index contributed by atoms with van der Waals surface area (Å²) in [5.74, 6) is 0.212. The minimum absolute atomic E-state index is 0.212. The van der Waals surface area contributed by atoms with Crippen molar-refractivity contribution in [1.82, 2.24) is 9.78 Å². The zero-order valence-corrected chi connectivity index (χ0v) is 9.29. The Kier molecular flexibility index (Phi) is 2.61. The number of aryl methyl sites for hydroxylation is 1. The zero-order chi connectivity index (χ0) is 11.0. The molecule has 1 aromatic rings. The van der Waals surface area contributed by atoms with Gasteiger partial charge in [0.2, 0.25) is 0 Å². The number of carbonyl (C=O) groups is 1. The number of hydrogen-bond donors (Lipinski definition) is 1. The van der Waals surface area contributed by atoms with E-state index in [0.29, 0.717) is 13.0 Å². The average Bonchev–Trinajstić information content (AvgIpc) is 2.57. The smallest absolute Gasteiger partial charge is 0.166 e. The lowest BCUT2D eigenvalue weighted by Gasteiger charge is -2.11. The van der Waals surface area contributed by atoms with Gasteiger partial charge in [0.1, 0.15) is 0 Å². The summed E-state index contributed by atoms with van der Waals surface area (Å²) in [6.07, 6.45) is 2.47. The molecule has 0 radical (unpaired) electrons. The monoisotopic (exact) mass is 207 g/mol. The van der Waals surface area contributed by atoms with E-state index in [1.165, 1.54) is 0 Å². The second-order valence-corrected chi connectivity index (χ2v) is 4.29. The topological polar surface area (TPSA) is 60.9 Å². The SMILES string of the molecule is CC(C)n1nc2c(c1CN)C(=O)CCC2. The summed E-state index contributed by atoms with van der Waals surface area (Å²) in [6, 6.07) is 0.266.